The van der Waals surface area contributed by atoms with Crippen molar-refractivity contribution in [2.24, 2.45) is 0 Å². The van der Waals surface area contributed by atoms with Crippen LogP contribution >= 0.6 is 11.6 Å². The van der Waals surface area contributed by atoms with E-state index in [-0.39, 0.29) is 16.5 Å². The summed E-state index contributed by atoms with van der Waals surface area (Å²) in [6, 6.07) is 1.50. The smallest absolute Gasteiger partial charge is 0.410 e. The van der Waals surface area contributed by atoms with Crippen LogP contribution in [-0.2, 0) is 15.5 Å². The van der Waals surface area contributed by atoms with Crippen LogP contribution < -0.4 is 0 Å². The predicted octanol–water partition coefficient (Wildman–Crippen LogP) is 2.64. The average molecular weight is 346 g/mol. The molecule has 2 rings (SSSR count). The van der Waals surface area contributed by atoms with Crippen LogP contribution in [0.4, 0.5) is 4.79 Å². The monoisotopic (exact) mass is 345 g/mol. The Labute approximate surface area is 137 Å². The second-order valence-electron chi connectivity index (χ2n) is 6.17. The van der Waals surface area contributed by atoms with Crippen LogP contribution in [0.5, 0.6) is 0 Å². The van der Waals surface area contributed by atoms with Crippen LogP contribution in [-0.4, -0.2) is 49.1 Å². The molecule has 0 saturated carbocycles. The minimum atomic E-state index is -1.33. The van der Waals surface area contributed by atoms with Crippen molar-refractivity contribution in [3.8, 4) is 0 Å². The van der Waals surface area contributed by atoms with Crippen molar-refractivity contribution in [1.29, 1.82) is 0 Å². The Balaban J connectivity index is 2.04. The van der Waals surface area contributed by atoms with E-state index in [0.717, 1.165) is 12.8 Å². The van der Waals surface area contributed by atoms with Gasteiger partial charge in [0.2, 0.25) is 0 Å². The van der Waals surface area contributed by atoms with Crippen LogP contribution in [0, 0.1) is 0 Å². The second kappa shape index (κ2) is 6.91. The largest absolute Gasteiger partial charge is 0.444 e. The molecule has 8 heteroatoms. The lowest BCUT2D eigenvalue weighted by atomic mass is 10.1. The van der Waals surface area contributed by atoms with E-state index in [4.69, 9.17) is 16.3 Å². The van der Waals surface area contributed by atoms with Crippen LogP contribution in [0.15, 0.2) is 17.4 Å². The lowest BCUT2D eigenvalue weighted by molar-refractivity contribution is 0.0219. The number of halogens is 1. The number of likely N-dealkylation sites (tertiary alicyclic amines) is 1. The number of ether oxygens (including phenoxy) is 1. The topological polar surface area (TPSA) is 72.4 Å². The SMILES string of the molecule is CC(C)(C)OC(=O)N1CCC[C@@H]([S@@](=O)c2cc(Cl)ncn2)C1. The van der Waals surface area contributed by atoms with Crippen LogP contribution in [0.25, 0.3) is 0 Å². The number of hydrogen-bond acceptors (Lipinski definition) is 5. The van der Waals surface area contributed by atoms with E-state index in [0.29, 0.717) is 18.1 Å². The predicted molar refractivity (Wildman–Crippen MR) is 84.3 cm³/mol. The highest BCUT2D eigenvalue weighted by atomic mass is 35.5. The Morgan fingerprint density at radius 2 is 2.18 bits per heavy atom. The maximum atomic E-state index is 12.6. The molecule has 1 amide bonds. The second-order valence-corrected chi connectivity index (χ2v) is 8.23. The van der Waals surface area contributed by atoms with Gasteiger partial charge >= 0.3 is 6.09 Å². The zero-order valence-corrected chi connectivity index (χ0v) is 14.5. The number of aromatic nitrogens is 2. The summed E-state index contributed by atoms with van der Waals surface area (Å²) in [6.45, 7) is 6.49. The molecule has 1 aromatic rings. The zero-order valence-electron chi connectivity index (χ0n) is 12.9. The Kier molecular flexibility index (Phi) is 5.39. The number of piperidine rings is 1. The lowest BCUT2D eigenvalue weighted by Crippen LogP contribution is -2.45. The van der Waals surface area contributed by atoms with Gasteiger partial charge in [0, 0.05) is 19.2 Å². The Morgan fingerprint density at radius 3 is 2.82 bits per heavy atom. The molecule has 2 heterocycles. The maximum Gasteiger partial charge on any atom is 0.410 e. The first kappa shape index (κ1) is 17.1. The molecule has 0 spiro atoms. The van der Waals surface area contributed by atoms with Crippen molar-refractivity contribution < 1.29 is 13.7 Å². The first-order valence-electron chi connectivity index (χ1n) is 7.12. The summed E-state index contributed by atoms with van der Waals surface area (Å²) in [5, 5.41) is 0.487. The summed E-state index contributed by atoms with van der Waals surface area (Å²) >= 11 is 5.81. The van der Waals surface area contributed by atoms with Gasteiger partial charge < -0.3 is 9.64 Å². The van der Waals surface area contributed by atoms with E-state index in [1.54, 1.807) is 4.90 Å². The normalized spacial score (nSPS) is 20.5. The van der Waals surface area contributed by atoms with E-state index in [9.17, 15) is 9.00 Å². The third kappa shape index (κ3) is 4.64. The zero-order chi connectivity index (χ0) is 16.3. The Hall–Kier alpha value is -1.21. The fourth-order valence-electron chi connectivity index (χ4n) is 2.20. The summed E-state index contributed by atoms with van der Waals surface area (Å²) in [5.74, 6) is 0. The molecule has 1 aliphatic rings. The van der Waals surface area contributed by atoms with Gasteiger partial charge in [-0.05, 0) is 33.6 Å². The molecule has 1 fully saturated rings. The number of rotatable bonds is 2. The highest BCUT2D eigenvalue weighted by molar-refractivity contribution is 7.85. The third-order valence-electron chi connectivity index (χ3n) is 3.15. The first-order chi connectivity index (χ1) is 10.3. The van der Waals surface area contributed by atoms with Gasteiger partial charge in [-0.15, -0.1) is 0 Å². The van der Waals surface area contributed by atoms with E-state index in [2.05, 4.69) is 9.97 Å². The minimum absolute atomic E-state index is 0.174. The quantitative estimate of drug-likeness (QED) is 0.770. The first-order valence-corrected chi connectivity index (χ1v) is 8.71. The molecule has 0 unspecified atom stereocenters. The molecule has 2 atom stereocenters. The van der Waals surface area contributed by atoms with Gasteiger partial charge in [0.1, 0.15) is 22.1 Å². The van der Waals surface area contributed by atoms with Crippen LogP contribution in [0.1, 0.15) is 33.6 Å². The molecule has 22 heavy (non-hydrogen) atoms. The summed E-state index contributed by atoms with van der Waals surface area (Å²) in [5.41, 5.74) is -0.538. The van der Waals surface area contributed by atoms with Crippen LogP contribution in [0.3, 0.4) is 0 Å². The van der Waals surface area contributed by atoms with Gasteiger partial charge in [-0.3, -0.25) is 4.21 Å². The standard InChI is InChI=1S/C14H20ClN3O3S/c1-14(2,3)21-13(19)18-6-4-5-10(8-18)22(20)12-7-11(15)16-9-17-12/h7,9-10H,4-6,8H2,1-3H3/t10-,22-/m1/s1. The van der Waals surface area contributed by atoms with E-state index in [1.165, 1.54) is 12.4 Å². The molecular weight excluding hydrogens is 326 g/mol. The molecule has 6 nitrogen and oxygen atoms in total. The maximum absolute atomic E-state index is 12.6. The van der Waals surface area contributed by atoms with Gasteiger partial charge in [-0.1, -0.05) is 11.6 Å². The van der Waals surface area contributed by atoms with Gasteiger partial charge in [0.05, 0.1) is 16.0 Å². The van der Waals surface area contributed by atoms with Gasteiger partial charge in [-0.2, -0.15) is 0 Å². The molecule has 0 radical (unpaired) electrons. The van der Waals surface area contributed by atoms with Gasteiger partial charge in [0.15, 0.2) is 0 Å². The summed E-state index contributed by atoms with van der Waals surface area (Å²) in [6.07, 6.45) is 2.49. The van der Waals surface area contributed by atoms with Crippen molar-refractivity contribution in [3.63, 3.8) is 0 Å². The summed E-state index contributed by atoms with van der Waals surface area (Å²) < 4.78 is 18.0. The fourth-order valence-corrected chi connectivity index (χ4v) is 3.83. The summed E-state index contributed by atoms with van der Waals surface area (Å²) in [7, 11) is -1.33. The van der Waals surface area contributed by atoms with Crippen molar-refractivity contribution in [1.82, 2.24) is 14.9 Å². The Bertz CT molecular complexity index is 577. The molecule has 0 N–H and O–H groups in total. The number of carbonyl (C=O) groups excluding carboxylic acids is 1. The van der Waals surface area contributed by atoms with Crippen molar-refractivity contribution in [3.05, 3.63) is 17.5 Å². The number of hydrogen-bond donors (Lipinski definition) is 0. The molecule has 0 bridgehead atoms. The minimum Gasteiger partial charge on any atom is -0.444 e. The lowest BCUT2D eigenvalue weighted by Gasteiger charge is -2.33. The van der Waals surface area contributed by atoms with E-state index >= 15 is 0 Å². The molecule has 0 aromatic carbocycles. The highest BCUT2D eigenvalue weighted by Crippen LogP contribution is 2.22. The van der Waals surface area contributed by atoms with Crippen LogP contribution in [0.2, 0.25) is 5.15 Å². The average Bonchev–Trinajstić information content (AvgIpc) is 2.45. The fraction of sp³-hybridized carbons (Fsp3) is 0.643. The number of nitrogens with zero attached hydrogens (tertiary/aromatic N) is 3. The molecule has 1 aliphatic heterocycles. The molecule has 0 aliphatic carbocycles. The van der Waals surface area contributed by atoms with Gasteiger partial charge in [0.25, 0.3) is 0 Å². The third-order valence-corrected chi connectivity index (χ3v) is 4.98. The van der Waals surface area contributed by atoms with Gasteiger partial charge in [-0.25, -0.2) is 14.8 Å². The summed E-state index contributed by atoms with van der Waals surface area (Å²) in [4.78, 5) is 21.5. The molecule has 122 valence electrons. The molecule has 1 aromatic heterocycles. The van der Waals surface area contributed by atoms with Crippen molar-refractivity contribution in [2.45, 2.75) is 49.5 Å². The number of amides is 1. The van der Waals surface area contributed by atoms with Crippen molar-refractivity contribution >= 4 is 28.5 Å². The molecule has 1 saturated heterocycles. The van der Waals surface area contributed by atoms with E-state index in [1.807, 2.05) is 20.8 Å². The Morgan fingerprint density at radius 1 is 1.45 bits per heavy atom. The highest BCUT2D eigenvalue weighted by Gasteiger charge is 2.31. The van der Waals surface area contributed by atoms with E-state index < -0.39 is 16.4 Å². The van der Waals surface area contributed by atoms with Crippen molar-refractivity contribution in [2.75, 3.05) is 13.1 Å². The number of carbonyl (C=O) groups is 1. The molecular formula is C14H20ClN3O3S.